The van der Waals surface area contributed by atoms with Crippen LogP contribution in [0.25, 0.3) is 11.3 Å². The highest BCUT2D eigenvalue weighted by molar-refractivity contribution is 6.30. The van der Waals surface area contributed by atoms with E-state index in [2.05, 4.69) is 4.98 Å². The number of hydrogen-bond donors (Lipinski definition) is 0. The number of halogens is 1. The van der Waals surface area contributed by atoms with Gasteiger partial charge in [0.1, 0.15) is 6.29 Å². The highest BCUT2D eigenvalue weighted by atomic mass is 35.5. The molecule has 0 aliphatic heterocycles. The molecule has 1 heterocycles. The van der Waals surface area contributed by atoms with Crippen molar-refractivity contribution in [3.05, 3.63) is 53.2 Å². The molecule has 0 atom stereocenters. The Labute approximate surface area is 92.5 Å². The Morgan fingerprint density at radius 2 is 1.80 bits per heavy atom. The fraction of sp³-hybridized carbons (Fsp3) is 0. The summed E-state index contributed by atoms with van der Waals surface area (Å²) in [6.45, 7) is 0. The van der Waals surface area contributed by atoms with E-state index in [1.807, 2.05) is 18.2 Å². The molecule has 0 fully saturated rings. The molecule has 74 valence electrons. The van der Waals surface area contributed by atoms with Gasteiger partial charge in [-0.3, -0.25) is 9.78 Å². The van der Waals surface area contributed by atoms with Crippen molar-refractivity contribution in [2.24, 2.45) is 0 Å². The number of nitrogens with zero attached hydrogens (tertiary/aromatic N) is 1. The molecule has 15 heavy (non-hydrogen) atoms. The molecule has 3 heteroatoms. The van der Waals surface area contributed by atoms with Gasteiger partial charge in [-0.2, -0.15) is 0 Å². The van der Waals surface area contributed by atoms with Crippen molar-refractivity contribution in [1.82, 2.24) is 4.98 Å². The van der Waals surface area contributed by atoms with E-state index in [0.29, 0.717) is 10.6 Å². The Balaban J connectivity index is 2.37. The zero-order valence-corrected chi connectivity index (χ0v) is 8.61. The number of aromatic nitrogens is 1. The summed E-state index contributed by atoms with van der Waals surface area (Å²) in [4.78, 5) is 14.6. The fourth-order valence-corrected chi connectivity index (χ4v) is 1.39. The first kappa shape index (κ1) is 9.87. The van der Waals surface area contributed by atoms with E-state index in [-0.39, 0.29) is 0 Å². The summed E-state index contributed by atoms with van der Waals surface area (Å²) in [5, 5.41) is 0.614. The van der Waals surface area contributed by atoms with Crippen LogP contribution in [0.3, 0.4) is 0 Å². The molecule has 0 bridgehead atoms. The SMILES string of the molecule is O=Cc1ccc(-c2ccc(Cl)cn2)cc1. The maximum atomic E-state index is 10.5. The maximum Gasteiger partial charge on any atom is 0.150 e. The molecular formula is C12H8ClNO. The Bertz CT molecular complexity index is 462. The summed E-state index contributed by atoms with van der Waals surface area (Å²) in [5.74, 6) is 0. The van der Waals surface area contributed by atoms with Gasteiger partial charge in [-0.1, -0.05) is 35.9 Å². The number of benzene rings is 1. The van der Waals surface area contributed by atoms with Gasteiger partial charge in [-0.15, -0.1) is 0 Å². The summed E-state index contributed by atoms with van der Waals surface area (Å²) in [6.07, 6.45) is 2.42. The summed E-state index contributed by atoms with van der Waals surface area (Å²) < 4.78 is 0. The lowest BCUT2D eigenvalue weighted by Gasteiger charge is -2.00. The highest BCUT2D eigenvalue weighted by Crippen LogP contribution is 2.18. The molecule has 2 nitrogen and oxygen atoms in total. The average Bonchev–Trinajstić information content (AvgIpc) is 2.30. The molecule has 0 aliphatic carbocycles. The highest BCUT2D eigenvalue weighted by Gasteiger charge is 1.98. The summed E-state index contributed by atoms with van der Waals surface area (Å²) in [5.41, 5.74) is 2.47. The molecule has 0 saturated heterocycles. The van der Waals surface area contributed by atoms with E-state index in [1.54, 1.807) is 24.4 Å². The smallest absolute Gasteiger partial charge is 0.150 e. The van der Waals surface area contributed by atoms with Crippen molar-refractivity contribution >= 4 is 17.9 Å². The van der Waals surface area contributed by atoms with Crippen LogP contribution in [0.2, 0.25) is 5.02 Å². The van der Waals surface area contributed by atoms with Gasteiger partial charge < -0.3 is 0 Å². The van der Waals surface area contributed by atoms with Crippen molar-refractivity contribution in [2.45, 2.75) is 0 Å². The second-order valence-electron chi connectivity index (χ2n) is 3.10. The third-order valence-corrected chi connectivity index (χ3v) is 2.29. The monoisotopic (exact) mass is 217 g/mol. The summed E-state index contributed by atoms with van der Waals surface area (Å²) in [7, 11) is 0. The zero-order valence-electron chi connectivity index (χ0n) is 7.85. The first-order valence-electron chi connectivity index (χ1n) is 4.47. The molecule has 0 saturated carbocycles. The summed E-state index contributed by atoms with van der Waals surface area (Å²) in [6, 6.07) is 10.9. The van der Waals surface area contributed by atoms with Crippen LogP contribution in [-0.4, -0.2) is 11.3 Å². The predicted octanol–water partition coefficient (Wildman–Crippen LogP) is 3.21. The van der Waals surface area contributed by atoms with E-state index in [0.717, 1.165) is 17.5 Å². The molecule has 0 N–H and O–H groups in total. The standard InChI is InChI=1S/C12H8ClNO/c13-11-5-6-12(14-7-11)10-3-1-9(8-15)2-4-10/h1-8H. The Morgan fingerprint density at radius 3 is 2.33 bits per heavy atom. The lowest BCUT2D eigenvalue weighted by molar-refractivity contribution is 0.112. The number of carbonyl (C=O) groups excluding carboxylic acids is 1. The van der Waals surface area contributed by atoms with Crippen LogP contribution in [0.1, 0.15) is 10.4 Å². The van der Waals surface area contributed by atoms with Crippen molar-refractivity contribution in [2.75, 3.05) is 0 Å². The Hall–Kier alpha value is -1.67. The molecule has 0 radical (unpaired) electrons. The lowest BCUT2D eigenvalue weighted by Crippen LogP contribution is -1.84. The number of carbonyl (C=O) groups is 1. The van der Waals surface area contributed by atoms with Gasteiger partial charge in [0.05, 0.1) is 10.7 Å². The van der Waals surface area contributed by atoms with Crippen LogP contribution in [0.4, 0.5) is 0 Å². The van der Waals surface area contributed by atoms with Crippen molar-refractivity contribution in [3.8, 4) is 11.3 Å². The molecule has 0 aliphatic rings. The molecule has 0 spiro atoms. The van der Waals surface area contributed by atoms with E-state index in [4.69, 9.17) is 11.6 Å². The van der Waals surface area contributed by atoms with Gasteiger partial charge in [0.15, 0.2) is 0 Å². The molecule has 0 amide bonds. The third-order valence-electron chi connectivity index (χ3n) is 2.07. The van der Waals surface area contributed by atoms with Crippen molar-refractivity contribution in [1.29, 1.82) is 0 Å². The number of hydrogen-bond acceptors (Lipinski definition) is 2. The quantitative estimate of drug-likeness (QED) is 0.723. The minimum Gasteiger partial charge on any atom is -0.298 e. The van der Waals surface area contributed by atoms with E-state index in [1.165, 1.54) is 0 Å². The number of pyridine rings is 1. The van der Waals surface area contributed by atoms with Gasteiger partial charge in [0.2, 0.25) is 0 Å². The van der Waals surface area contributed by atoms with E-state index in [9.17, 15) is 4.79 Å². The Kier molecular flexibility index (Phi) is 2.79. The van der Waals surface area contributed by atoms with Crippen molar-refractivity contribution < 1.29 is 4.79 Å². The maximum absolute atomic E-state index is 10.5. The number of rotatable bonds is 2. The number of aldehydes is 1. The molecule has 1 aromatic heterocycles. The van der Waals surface area contributed by atoms with Gasteiger partial charge in [-0.25, -0.2) is 0 Å². The van der Waals surface area contributed by atoms with Gasteiger partial charge in [0.25, 0.3) is 0 Å². The lowest BCUT2D eigenvalue weighted by atomic mass is 10.1. The fourth-order valence-electron chi connectivity index (χ4n) is 1.28. The minimum atomic E-state index is 0.614. The molecule has 1 aromatic carbocycles. The van der Waals surface area contributed by atoms with E-state index >= 15 is 0 Å². The largest absolute Gasteiger partial charge is 0.298 e. The van der Waals surface area contributed by atoms with Crippen LogP contribution in [0.5, 0.6) is 0 Å². The van der Waals surface area contributed by atoms with E-state index < -0.39 is 0 Å². The summed E-state index contributed by atoms with van der Waals surface area (Å²) >= 11 is 5.74. The van der Waals surface area contributed by atoms with Crippen molar-refractivity contribution in [3.63, 3.8) is 0 Å². The normalized spacial score (nSPS) is 9.93. The Morgan fingerprint density at radius 1 is 1.07 bits per heavy atom. The molecular weight excluding hydrogens is 210 g/mol. The minimum absolute atomic E-state index is 0.614. The average molecular weight is 218 g/mol. The predicted molar refractivity (Wildman–Crippen MR) is 60.1 cm³/mol. The first-order chi connectivity index (χ1) is 7.29. The molecule has 2 aromatic rings. The van der Waals surface area contributed by atoms with Crippen LogP contribution < -0.4 is 0 Å². The van der Waals surface area contributed by atoms with Gasteiger partial charge in [0, 0.05) is 17.3 Å². The third kappa shape index (κ3) is 2.22. The first-order valence-corrected chi connectivity index (χ1v) is 4.84. The van der Waals surface area contributed by atoms with Crippen LogP contribution in [0, 0.1) is 0 Å². The topological polar surface area (TPSA) is 30.0 Å². The van der Waals surface area contributed by atoms with Crippen LogP contribution in [0.15, 0.2) is 42.6 Å². The second kappa shape index (κ2) is 4.24. The van der Waals surface area contributed by atoms with Gasteiger partial charge in [-0.05, 0) is 12.1 Å². The zero-order chi connectivity index (χ0) is 10.7. The molecule has 2 rings (SSSR count). The molecule has 0 unspecified atom stereocenters. The van der Waals surface area contributed by atoms with Crippen LogP contribution >= 0.6 is 11.6 Å². The van der Waals surface area contributed by atoms with Crippen LogP contribution in [-0.2, 0) is 0 Å². The second-order valence-corrected chi connectivity index (χ2v) is 3.54. The van der Waals surface area contributed by atoms with Gasteiger partial charge >= 0.3 is 0 Å².